The van der Waals surface area contributed by atoms with Crippen LogP contribution in [0.2, 0.25) is 0 Å². The first kappa shape index (κ1) is 23.2. The SMILES string of the molecule is CO.N=C=O.N=C=O.O=[PH2+]. The van der Waals surface area contributed by atoms with Crippen molar-refractivity contribution in [3.8, 4) is 0 Å². The Balaban J connectivity index is -0.0000000246. The minimum atomic E-state index is 0.750. The van der Waals surface area contributed by atoms with Crippen molar-refractivity contribution in [2.75, 3.05) is 7.11 Å². The summed E-state index contributed by atoms with van der Waals surface area (Å²) in [6.45, 7) is 0. The van der Waals surface area contributed by atoms with Crippen molar-refractivity contribution in [1.29, 1.82) is 10.8 Å². The van der Waals surface area contributed by atoms with Gasteiger partial charge in [0.25, 0.3) is 0 Å². The fraction of sp³-hybridized carbons (Fsp3) is 0.333. The summed E-state index contributed by atoms with van der Waals surface area (Å²) in [6, 6.07) is 0. The van der Waals surface area contributed by atoms with Crippen LogP contribution in [0.15, 0.2) is 0 Å². The molecule has 1 atom stereocenters. The molecule has 7 heteroatoms. The second-order valence-corrected chi connectivity index (χ2v) is 0.204. The summed E-state index contributed by atoms with van der Waals surface area (Å²) >= 11 is 0. The molecule has 58 valence electrons. The van der Waals surface area contributed by atoms with Gasteiger partial charge in [0, 0.05) is 7.11 Å². The first-order valence-electron chi connectivity index (χ1n) is 1.59. The molecule has 0 bridgehead atoms. The van der Waals surface area contributed by atoms with Crippen LogP contribution in [0, 0.1) is 10.8 Å². The third-order valence-corrected chi connectivity index (χ3v) is 0. The number of hydrogen-bond acceptors (Lipinski definition) is 6. The Morgan fingerprint density at radius 3 is 1.10 bits per heavy atom. The van der Waals surface area contributed by atoms with E-state index in [0.29, 0.717) is 0 Å². The van der Waals surface area contributed by atoms with Crippen LogP contribution in [-0.2, 0) is 14.2 Å². The molecule has 0 aliphatic carbocycles. The molecule has 0 heterocycles. The van der Waals surface area contributed by atoms with Crippen LogP contribution in [0.1, 0.15) is 0 Å². The van der Waals surface area contributed by atoms with Gasteiger partial charge in [0.15, 0.2) is 0 Å². The number of carbonyl (C=O) groups excluding carboxylic acids is 2. The summed E-state index contributed by atoms with van der Waals surface area (Å²) < 4.78 is 8.17. The van der Waals surface area contributed by atoms with E-state index in [1.54, 1.807) is 0 Å². The smallest absolute Gasteiger partial charge is 0.310 e. The second-order valence-electron chi connectivity index (χ2n) is 0.204. The first-order chi connectivity index (χ1) is 4.83. The molecule has 0 saturated carbocycles. The highest BCUT2D eigenvalue weighted by Crippen LogP contribution is 1.23. The number of rotatable bonds is 0. The zero-order valence-corrected chi connectivity index (χ0v) is 6.40. The van der Waals surface area contributed by atoms with E-state index in [9.17, 15) is 0 Å². The van der Waals surface area contributed by atoms with Crippen LogP contribution in [0.4, 0.5) is 0 Å². The van der Waals surface area contributed by atoms with E-state index in [1.165, 1.54) is 9.12 Å². The Bertz CT molecular complexity index is 82.7. The monoisotopic (exact) mass is 167 g/mol. The molecule has 0 aromatic heterocycles. The number of hydrogen-bond donors (Lipinski definition) is 3. The van der Waals surface area contributed by atoms with Gasteiger partial charge < -0.3 is 5.11 Å². The maximum absolute atomic E-state index is 8.35. The minimum absolute atomic E-state index is 0.750. The highest BCUT2D eigenvalue weighted by atomic mass is 31.0. The number of aliphatic hydroxyl groups excluding tert-OH is 1. The van der Waals surface area contributed by atoms with Gasteiger partial charge in [-0.05, 0) is 0 Å². The zero-order chi connectivity index (χ0) is 9.41. The zero-order valence-electron chi connectivity index (χ0n) is 5.25. The summed E-state index contributed by atoms with van der Waals surface area (Å²) in [6.07, 6.45) is 1.50. The molecule has 0 aliphatic rings. The maximum atomic E-state index is 8.35. The fourth-order valence-electron chi connectivity index (χ4n) is 0. The molecule has 0 aromatic carbocycles. The van der Waals surface area contributed by atoms with E-state index in [-0.39, 0.29) is 0 Å². The Hall–Kier alpha value is -1.18. The van der Waals surface area contributed by atoms with Gasteiger partial charge in [-0.15, -0.1) is 0 Å². The summed E-state index contributed by atoms with van der Waals surface area (Å²) in [5, 5.41) is 17.8. The van der Waals surface area contributed by atoms with Crippen molar-refractivity contribution in [2.45, 2.75) is 0 Å². The third-order valence-electron chi connectivity index (χ3n) is 0. The molecule has 0 aromatic rings. The van der Waals surface area contributed by atoms with Gasteiger partial charge in [0.1, 0.15) is 0 Å². The van der Waals surface area contributed by atoms with Crippen molar-refractivity contribution in [3.05, 3.63) is 0 Å². The number of aliphatic hydroxyl groups is 1. The van der Waals surface area contributed by atoms with E-state index in [1.807, 2.05) is 0 Å². The van der Waals surface area contributed by atoms with E-state index >= 15 is 0 Å². The lowest BCUT2D eigenvalue weighted by Gasteiger charge is -1.21. The van der Waals surface area contributed by atoms with E-state index < -0.39 is 0 Å². The molecule has 0 rings (SSSR count). The summed E-state index contributed by atoms with van der Waals surface area (Å²) in [4.78, 5) is 16.7. The minimum Gasteiger partial charge on any atom is -0.400 e. The molecular formula is C3H8N2O4P+. The molecule has 3 N–H and O–H groups in total. The molecule has 10 heavy (non-hydrogen) atoms. The van der Waals surface area contributed by atoms with Crippen LogP contribution >= 0.6 is 9.12 Å². The molecule has 0 fully saturated rings. The van der Waals surface area contributed by atoms with Crippen LogP contribution in [-0.4, -0.2) is 24.4 Å². The van der Waals surface area contributed by atoms with Gasteiger partial charge in [-0.3, -0.25) is 0 Å². The predicted octanol–water partition coefficient (Wildman–Crippen LogP) is -0.383. The lowest BCUT2D eigenvalue weighted by Crippen LogP contribution is -1.25. The van der Waals surface area contributed by atoms with Crippen LogP contribution < -0.4 is 0 Å². The van der Waals surface area contributed by atoms with Crippen molar-refractivity contribution in [1.82, 2.24) is 0 Å². The lowest BCUT2D eigenvalue weighted by molar-refractivity contribution is 0.399. The van der Waals surface area contributed by atoms with Crippen LogP contribution in [0.25, 0.3) is 0 Å². The van der Waals surface area contributed by atoms with Crippen molar-refractivity contribution >= 4 is 21.3 Å². The Labute approximate surface area is 59.5 Å². The topological polar surface area (TPSA) is 119 Å². The summed E-state index contributed by atoms with van der Waals surface area (Å²) in [5.74, 6) is 0. The van der Waals surface area contributed by atoms with E-state index in [2.05, 4.69) is 0 Å². The number of nitrogens with one attached hydrogen (secondary N) is 2. The molecule has 6 nitrogen and oxygen atoms in total. The van der Waals surface area contributed by atoms with Crippen LogP contribution in [0.5, 0.6) is 0 Å². The van der Waals surface area contributed by atoms with E-state index in [0.717, 1.165) is 19.3 Å². The standard InChI is InChI=1S/2CHNO.CH4O.H2OP/c2*2-1-3;2*1-2/h2*2H;2H,1H3;2H2/q;;;+1. The van der Waals surface area contributed by atoms with Gasteiger partial charge >= 0.3 is 9.12 Å². The van der Waals surface area contributed by atoms with Gasteiger partial charge in [0.2, 0.25) is 12.2 Å². The lowest BCUT2D eigenvalue weighted by atomic mass is 11.7. The number of isocyanates is 2. The summed E-state index contributed by atoms with van der Waals surface area (Å²) in [5.41, 5.74) is 0. The Morgan fingerprint density at radius 1 is 1.10 bits per heavy atom. The van der Waals surface area contributed by atoms with E-state index in [4.69, 9.17) is 30.1 Å². The molecule has 0 saturated heterocycles. The largest absolute Gasteiger partial charge is 0.400 e. The molecule has 0 amide bonds. The van der Waals surface area contributed by atoms with Crippen molar-refractivity contribution < 1.29 is 19.3 Å². The maximum Gasteiger partial charge on any atom is 0.310 e. The van der Waals surface area contributed by atoms with Crippen molar-refractivity contribution in [2.24, 2.45) is 0 Å². The highest BCUT2D eigenvalue weighted by molar-refractivity contribution is 7.00. The molecule has 1 unspecified atom stereocenters. The third kappa shape index (κ3) is 166. The Morgan fingerprint density at radius 2 is 1.10 bits per heavy atom. The van der Waals surface area contributed by atoms with Crippen molar-refractivity contribution in [3.63, 3.8) is 0 Å². The average Bonchev–Trinajstić information content (AvgIpc) is 1.99. The average molecular weight is 167 g/mol. The quantitative estimate of drug-likeness (QED) is 0.258. The van der Waals surface area contributed by atoms with Gasteiger partial charge in [-0.25, -0.2) is 20.4 Å². The van der Waals surface area contributed by atoms with Gasteiger partial charge in [0.05, 0.1) is 0 Å². The highest BCUT2D eigenvalue weighted by Gasteiger charge is 1.04. The van der Waals surface area contributed by atoms with Gasteiger partial charge in [-0.2, -0.15) is 0 Å². The normalized spacial score (nSPS) is 2.60. The first-order valence-corrected chi connectivity index (χ1v) is 2.06. The van der Waals surface area contributed by atoms with Gasteiger partial charge in [-0.1, -0.05) is 4.57 Å². The molecule has 0 aliphatic heterocycles. The second kappa shape index (κ2) is 541. The predicted molar refractivity (Wildman–Crippen MR) is 35.4 cm³/mol. The van der Waals surface area contributed by atoms with Crippen LogP contribution in [0.3, 0.4) is 0 Å². The Kier molecular flexibility index (Phi) is 1260. The molecular weight excluding hydrogens is 159 g/mol. The fourth-order valence-corrected chi connectivity index (χ4v) is 0. The molecule has 0 spiro atoms. The summed E-state index contributed by atoms with van der Waals surface area (Å²) in [7, 11) is 2.17. The molecule has 0 radical (unpaired) electrons.